The first-order chi connectivity index (χ1) is 15.6. The van der Waals surface area contributed by atoms with Crippen LogP contribution in [0.1, 0.15) is 30.2 Å². The number of anilines is 2. The third kappa shape index (κ3) is 3.99. The molecule has 1 N–H and O–H groups in total. The number of hydrogen-bond donors (Lipinski definition) is 1. The second kappa shape index (κ2) is 8.72. The van der Waals surface area contributed by atoms with Gasteiger partial charge in [0.15, 0.2) is 5.65 Å². The standard InChI is InChI=1S/C24H25N5O2S/c1-16(2)29-23-20(15-25-29)19(14-21(27-23)22-4-3-13-32-22)24(30)26-17-5-7-18(8-6-17)28-9-11-31-12-10-28/h3-8,13-16H,9-12H2,1-2H3,(H,26,30). The molecular formula is C24H25N5O2S. The summed E-state index contributed by atoms with van der Waals surface area (Å²) in [7, 11) is 0. The van der Waals surface area contributed by atoms with Crippen molar-refractivity contribution >= 4 is 39.7 Å². The molecule has 4 heterocycles. The van der Waals surface area contributed by atoms with Gasteiger partial charge in [-0.1, -0.05) is 6.07 Å². The van der Waals surface area contributed by atoms with E-state index in [2.05, 4.69) is 29.2 Å². The minimum absolute atomic E-state index is 0.141. The zero-order valence-electron chi connectivity index (χ0n) is 18.1. The second-order valence-corrected chi connectivity index (χ2v) is 9.00. The van der Waals surface area contributed by atoms with Gasteiger partial charge in [0, 0.05) is 30.5 Å². The molecule has 0 bridgehead atoms. The Bertz CT molecular complexity index is 1230. The van der Waals surface area contributed by atoms with Crippen molar-refractivity contribution < 1.29 is 9.53 Å². The lowest BCUT2D eigenvalue weighted by atomic mass is 10.1. The van der Waals surface area contributed by atoms with Gasteiger partial charge in [0.1, 0.15) is 0 Å². The number of pyridine rings is 1. The van der Waals surface area contributed by atoms with Gasteiger partial charge in [0.2, 0.25) is 0 Å². The maximum Gasteiger partial charge on any atom is 0.256 e. The third-order valence-electron chi connectivity index (χ3n) is 5.58. The fourth-order valence-electron chi connectivity index (χ4n) is 3.91. The first kappa shape index (κ1) is 20.7. The van der Waals surface area contributed by atoms with Gasteiger partial charge in [-0.15, -0.1) is 11.3 Å². The molecule has 32 heavy (non-hydrogen) atoms. The fourth-order valence-corrected chi connectivity index (χ4v) is 4.60. The topological polar surface area (TPSA) is 72.3 Å². The number of hydrogen-bond acceptors (Lipinski definition) is 6. The SMILES string of the molecule is CC(C)n1ncc2c(C(=O)Nc3ccc(N4CCOCC4)cc3)cc(-c3cccs3)nc21. The molecule has 1 amide bonds. The molecule has 0 aliphatic carbocycles. The van der Waals surface area contributed by atoms with Crippen LogP contribution in [0.3, 0.4) is 0 Å². The number of aromatic nitrogens is 3. The molecule has 7 nitrogen and oxygen atoms in total. The van der Waals surface area contributed by atoms with Crippen molar-refractivity contribution in [1.29, 1.82) is 0 Å². The highest BCUT2D eigenvalue weighted by Gasteiger charge is 2.19. The van der Waals surface area contributed by atoms with Crippen molar-refractivity contribution in [3.63, 3.8) is 0 Å². The van der Waals surface area contributed by atoms with Crippen LogP contribution in [0, 0.1) is 0 Å². The number of carbonyl (C=O) groups excluding carboxylic acids is 1. The molecule has 0 radical (unpaired) electrons. The van der Waals surface area contributed by atoms with Crippen LogP contribution in [0.2, 0.25) is 0 Å². The van der Waals surface area contributed by atoms with E-state index in [-0.39, 0.29) is 11.9 Å². The van der Waals surface area contributed by atoms with Crippen molar-refractivity contribution in [2.24, 2.45) is 0 Å². The van der Waals surface area contributed by atoms with Crippen LogP contribution in [0.25, 0.3) is 21.6 Å². The summed E-state index contributed by atoms with van der Waals surface area (Å²) < 4.78 is 7.29. The predicted octanol–water partition coefficient (Wildman–Crippen LogP) is 4.83. The van der Waals surface area contributed by atoms with E-state index >= 15 is 0 Å². The Morgan fingerprint density at radius 2 is 1.94 bits per heavy atom. The third-order valence-corrected chi connectivity index (χ3v) is 6.47. The van der Waals surface area contributed by atoms with Gasteiger partial charge >= 0.3 is 0 Å². The van der Waals surface area contributed by atoms with E-state index < -0.39 is 0 Å². The Hall–Kier alpha value is -3.23. The van der Waals surface area contributed by atoms with E-state index in [1.807, 2.05) is 52.5 Å². The number of ether oxygens (including phenoxy) is 1. The van der Waals surface area contributed by atoms with Gasteiger partial charge in [-0.05, 0) is 55.6 Å². The molecule has 1 aliphatic rings. The van der Waals surface area contributed by atoms with Crippen LogP contribution in [0.5, 0.6) is 0 Å². The molecule has 0 atom stereocenters. The highest BCUT2D eigenvalue weighted by Crippen LogP contribution is 2.29. The molecule has 1 aliphatic heterocycles. The summed E-state index contributed by atoms with van der Waals surface area (Å²) in [5, 5.41) is 10.3. The van der Waals surface area contributed by atoms with Crippen LogP contribution in [0.15, 0.2) is 54.0 Å². The van der Waals surface area contributed by atoms with Crippen LogP contribution >= 0.6 is 11.3 Å². The van der Waals surface area contributed by atoms with E-state index in [4.69, 9.17) is 9.72 Å². The van der Waals surface area contributed by atoms with Gasteiger partial charge in [-0.3, -0.25) is 4.79 Å². The molecule has 164 valence electrons. The number of nitrogens with one attached hydrogen (secondary N) is 1. The van der Waals surface area contributed by atoms with Crippen molar-refractivity contribution in [3.05, 3.63) is 59.6 Å². The minimum Gasteiger partial charge on any atom is -0.378 e. The second-order valence-electron chi connectivity index (χ2n) is 8.05. The molecule has 0 saturated carbocycles. The van der Waals surface area contributed by atoms with E-state index in [1.54, 1.807) is 17.5 Å². The quantitative estimate of drug-likeness (QED) is 0.474. The number of rotatable bonds is 5. The summed E-state index contributed by atoms with van der Waals surface area (Å²) in [6, 6.07) is 14.0. The first-order valence-electron chi connectivity index (χ1n) is 10.8. The average Bonchev–Trinajstić information content (AvgIpc) is 3.50. The van der Waals surface area contributed by atoms with E-state index in [0.29, 0.717) is 5.56 Å². The molecule has 1 aromatic carbocycles. The molecule has 1 saturated heterocycles. The summed E-state index contributed by atoms with van der Waals surface area (Å²) in [5.41, 5.74) is 3.96. The summed E-state index contributed by atoms with van der Waals surface area (Å²) in [5.74, 6) is -0.169. The highest BCUT2D eigenvalue weighted by molar-refractivity contribution is 7.13. The Kier molecular flexibility index (Phi) is 5.63. The predicted molar refractivity (Wildman–Crippen MR) is 129 cm³/mol. The maximum atomic E-state index is 13.3. The molecule has 0 spiro atoms. The van der Waals surface area contributed by atoms with Crippen molar-refractivity contribution in [2.45, 2.75) is 19.9 Å². The monoisotopic (exact) mass is 447 g/mol. The van der Waals surface area contributed by atoms with Gasteiger partial charge < -0.3 is 15.0 Å². The number of fused-ring (bicyclic) bond motifs is 1. The van der Waals surface area contributed by atoms with Crippen LogP contribution < -0.4 is 10.2 Å². The summed E-state index contributed by atoms with van der Waals surface area (Å²) in [6.07, 6.45) is 1.73. The van der Waals surface area contributed by atoms with Crippen molar-refractivity contribution in [3.8, 4) is 10.6 Å². The molecule has 1 fully saturated rings. The number of benzene rings is 1. The van der Waals surface area contributed by atoms with E-state index in [0.717, 1.165) is 59.3 Å². The Morgan fingerprint density at radius 3 is 2.62 bits per heavy atom. The van der Waals surface area contributed by atoms with E-state index in [1.165, 1.54) is 0 Å². The van der Waals surface area contributed by atoms with Gasteiger partial charge in [0.25, 0.3) is 5.91 Å². The smallest absolute Gasteiger partial charge is 0.256 e. The maximum absolute atomic E-state index is 13.3. The number of amides is 1. The average molecular weight is 448 g/mol. The van der Waals surface area contributed by atoms with Gasteiger partial charge in [-0.25, -0.2) is 9.67 Å². The number of carbonyl (C=O) groups is 1. The molecular weight excluding hydrogens is 422 g/mol. The lowest BCUT2D eigenvalue weighted by Gasteiger charge is -2.28. The summed E-state index contributed by atoms with van der Waals surface area (Å²) in [6.45, 7) is 7.36. The number of nitrogens with zero attached hydrogens (tertiary/aromatic N) is 4. The largest absolute Gasteiger partial charge is 0.378 e. The normalized spacial score (nSPS) is 14.3. The van der Waals surface area contributed by atoms with E-state index in [9.17, 15) is 4.79 Å². The number of thiophene rings is 1. The van der Waals surface area contributed by atoms with Crippen LogP contribution in [-0.4, -0.2) is 47.0 Å². The highest BCUT2D eigenvalue weighted by atomic mass is 32.1. The Morgan fingerprint density at radius 1 is 1.16 bits per heavy atom. The minimum atomic E-state index is -0.169. The number of morpholine rings is 1. The first-order valence-corrected chi connectivity index (χ1v) is 11.6. The molecule has 3 aromatic heterocycles. The molecule has 4 aromatic rings. The van der Waals surface area contributed by atoms with Crippen LogP contribution in [0.4, 0.5) is 11.4 Å². The Labute approximate surface area is 190 Å². The van der Waals surface area contributed by atoms with Gasteiger partial charge in [-0.2, -0.15) is 5.10 Å². The zero-order chi connectivity index (χ0) is 22.1. The lowest BCUT2D eigenvalue weighted by Crippen LogP contribution is -2.36. The fraction of sp³-hybridized carbons (Fsp3) is 0.292. The van der Waals surface area contributed by atoms with Crippen molar-refractivity contribution in [1.82, 2.24) is 14.8 Å². The van der Waals surface area contributed by atoms with Gasteiger partial charge in [0.05, 0.1) is 40.9 Å². The lowest BCUT2D eigenvalue weighted by molar-refractivity contribution is 0.102. The van der Waals surface area contributed by atoms with Crippen LogP contribution in [-0.2, 0) is 4.74 Å². The Balaban J connectivity index is 1.46. The molecule has 5 rings (SSSR count). The summed E-state index contributed by atoms with van der Waals surface area (Å²) >= 11 is 1.60. The zero-order valence-corrected chi connectivity index (χ0v) is 18.9. The van der Waals surface area contributed by atoms with Crippen molar-refractivity contribution in [2.75, 3.05) is 36.5 Å². The summed E-state index contributed by atoms with van der Waals surface area (Å²) in [4.78, 5) is 21.5. The molecule has 0 unspecified atom stereocenters. The molecule has 8 heteroatoms.